The number of hydrogen-bond acceptors (Lipinski definition) is 3. The lowest BCUT2D eigenvalue weighted by molar-refractivity contribution is -0.169. The van der Waals surface area contributed by atoms with Gasteiger partial charge in [0.2, 0.25) is 0 Å². The van der Waals surface area contributed by atoms with Crippen LogP contribution >= 0.6 is 11.6 Å². The first-order chi connectivity index (χ1) is 10.6. The average Bonchev–Trinajstić information content (AvgIpc) is 2.38. The minimum absolute atomic E-state index is 0.0460. The molecule has 2 unspecified atom stereocenters. The molecule has 0 radical (unpaired) electrons. The minimum Gasteiger partial charge on any atom is -0.475 e. The van der Waals surface area contributed by atoms with Gasteiger partial charge >= 0.3 is 5.97 Å². The largest absolute Gasteiger partial charge is 0.475 e. The molecule has 0 bridgehead atoms. The molecule has 2 rings (SSSR count). The molecule has 0 saturated heterocycles. The van der Waals surface area contributed by atoms with E-state index in [1.807, 2.05) is 12.1 Å². The van der Waals surface area contributed by atoms with Crippen LogP contribution in [0.1, 0.15) is 53.9 Å². The van der Waals surface area contributed by atoms with Crippen LogP contribution < -0.4 is 4.74 Å². The first-order valence-corrected chi connectivity index (χ1v) is 8.61. The fraction of sp³-hybridized carbons (Fsp3) is 0.632. The van der Waals surface area contributed by atoms with E-state index in [0.29, 0.717) is 16.7 Å². The quantitative estimate of drug-likeness (QED) is 0.703. The Bertz CT molecular complexity index is 565. The molecule has 128 valence electrons. The molecule has 1 aliphatic rings. The van der Waals surface area contributed by atoms with Crippen molar-refractivity contribution >= 4 is 17.6 Å². The molecule has 1 aromatic carbocycles. The molecule has 1 fully saturated rings. The maximum Gasteiger partial charge on any atom is 0.350 e. The van der Waals surface area contributed by atoms with E-state index in [9.17, 15) is 4.79 Å². The second-order valence-corrected chi connectivity index (χ2v) is 8.39. The highest BCUT2D eigenvalue weighted by atomic mass is 35.5. The number of benzene rings is 1. The molecule has 0 aliphatic heterocycles. The van der Waals surface area contributed by atoms with Crippen LogP contribution in [0, 0.1) is 11.3 Å². The standard InChI is InChI=1S/C19H27ClO3/c1-13-10-14(12-18(2,3)11-13)22-17(21)19(4,5)23-16-9-7-6-8-15(16)20/h6-9,13-14H,10-12H2,1-5H3. The van der Waals surface area contributed by atoms with E-state index in [1.165, 1.54) is 6.42 Å². The van der Waals surface area contributed by atoms with E-state index in [4.69, 9.17) is 21.1 Å². The fourth-order valence-electron chi connectivity index (χ4n) is 3.49. The molecule has 0 spiro atoms. The molecule has 0 aromatic heterocycles. The maximum absolute atomic E-state index is 12.6. The van der Waals surface area contributed by atoms with Crippen LogP contribution in [0.3, 0.4) is 0 Å². The van der Waals surface area contributed by atoms with E-state index < -0.39 is 5.60 Å². The van der Waals surface area contributed by atoms with Gasteiger partial charge in [0.15, 0.2) is 5.60 Å². The number of rotatable bonds is 4. The molecule has 4 heteroatoms. The molecule has 23 heavy (non-hydrogen) atoms. The predicted octanol–water partition coefficient (Wildman–Crippen LogP) is 5.26. The van der Waals surface area contributed by atoms with E-state index in [0.717, 1.165) is 12.8 Å². The summed E-state index contributed by atoms with van der Waals surface area (Å²) in [6, 6.07) is 7.15. The highest BCUT2D eigenvalue weighted by molar-refractivity contribution is 6.32. The third-order valence-corrected chi connectivity index (χ3v) is 4.63. The van der Waals surface area contributed by atoms with Crippen molar-refractivity contribution in [2.24, 2.45) is 11.3 Å². The van der Waals surface area contributed by atoms with Crippen LogP contribution in [-0.4, -0.2) is 17.7 Å². The zero-order valence-electron chi connectivity index (χ0n) is 14.7. The van der Waals surface area contributed by atoms with E-state index in [1.54, 1.807) is 26.0 Å². The smallest absolute Gasteiger partial charge is 0.350 e. The molecule has 0 heterocycles. The van der Waals surface area contributed by atoms with Crippen LogP contribution in [0.4, 0.5) is 0 Å². The van der Waals surface area contributed by atoms with Crippen molar-refractivity contribution in [3.8, 4) is 5.75 Å². The summed E-state index contributed by atoms with van der Waals surface area (Å²) in [7, 11) is 0. The molecule has 2 atom stereocenters. The van der Waals surface area contributed by atoms with Crippen LogP contribution in [0.15, 0.2) is 24.3 Å². The van der Waals surface area contributed by atoms with E-state index >= 15 is 0 Å². The van der Waals surface area contributed by atoms with Gasteiger partial charge in [0, 0.05) is 0 Å². The second-order valence-electron chi connectivity index (χ2n) is 7.98. The van der Waals surface area contributed by atoms with Gasteiger partial charge in [-0.1, -0.05) is 44.5 Å². The second kappa shape index (κ2) is 6.72. The first kappa shape index (κ1) is 18.1. The summed E-state index contributed by atoms with van der Waals surface area (Å²) in [5.74, 6) is 0.713. The van der Waals surface area contributed by atoms with E-state index in [2.05, 4.69) is 20.8 Å². The van der Waals surface area contributed by atoms with Gasteiger partial charge in [-0.2, -0.15) is 0 Å². The van der Waals surface area contributed by atoms with E-state index in [-0.39, 0.29) is 17.5 Å². The summed E-state index contributed by atoms with van der Waals surface area (Å²) in [5, 5.41) is 0.487. The Hall–Kier alpha value is -1.22. The summed E-state index contributed by atoms with van der Waals surface area (Å²) in [5.41, 5.74) is -0.869. The van der Waals surface area contributed by atoms with Crippen molar-refractivity contribution in [3.05, 3.63) is 29.3 Å². The Balaban J connectivity index is 2.02. The molecule has 1 aliphatic carbocycles. The van der Waals surface area contributed by atoms with Gasteiger partial charge in [0.05, 0.1) is 5.02 Å². The number of halogens is 1. The summed E-state index contributed by atoms with van der Waals surface area (Å²) in [4.78, 5) is 12.6. The Labute approximate surface area is 144 Å². The number of carbonyl (C=O) groups is 1. The number of carbonyl (C=O) groups excluding carboxylic acids is 1. The van der Waals surface area contributed by atoms with Crippen molar-refractivity contribution in [3.63, 3.8) is 0 Å². The topological polar surface area (TPSA) is 35.5 Å². The van der Waals surface area contributed by atoms with Gasteiger partial charge < -0.3 is 9.47 Å². The first-order valence-electron chi connectivity index (χ1n) is 8.24. The Kier molecular flexibility index (Phi) is 5.30. The molecule has 3 nitrogen and oxygen atoms in total. The van der Waals surface area contributed by atoms with Gasteiger partial charge in [0.1, 0.15) is 11.9 Å². The van der Waals surface area contributed by atoms with Crippen molar-refractivity contribution in [2.45, 2.75) is 65.6 Å². The van der Waals surface area contributed by atoms with Gasteiger partial charge in [-0.25, -0.2) is 4.79 Å². The lowest BCUT2D eigenvalue weighted by Gasteiger charge is -2.39. The van der Waals surface area contributed by atoms with Crippen molar-refractivity contribution < 1.29 is 14.3 Å². The summed E-state index contributed by atoms with van der Waals surface area (Å²) >= 11 is 6.11. The Morgan fingerprint density at radius 1 is 1.26 bits per heavy atom. The molecular formula is C19H27ClO3. The van der Waals surface area contributed by atoms with Crippen LogP contribution in [0.2, 0.25) is 5.02 Å². The SMILES string of the molecule is CC1CC(OC(=O)C(C)(C)Oc2ccccc2Cl)CC(C)(C)C1. The lowest BCUT2D eigenvalue weighted by Crippen LogP contribution is -2.43. The zero-order valence-corrected chi connectivity index (χ0v) is 15.4. The maximum atomic E-state index is 12.6. The number of para-hydroxylation sites is 1. The Morgan fingerprint density at radius 3 is 2.52 bits per heavy atom. The van der Waals surface area contributed by atoms with Crippen LogP contribution in [0.5, 0.6) is 5.75 Å². The zero-order chi connectivity index (χ0) is 17.3. The average molecular weight is 339 g/mol. The van der Waals surface area contributed by atoms with Crippen molar-refractivity contribution in [2.75, 3.05) is 0 Å². The normalized spacial score (nSPS) is 24.1. The minimum atomic E-state index is -1.07. The van der Waals surface area contributed by atoms with Crippen LogP contribution in [0.25, 0.3) is 0 Å². The molecule has 0 amide bonds. The molecule has 1 aromatic rings. The third kappa shape index (κ3) is 4.87. The number of hydrogen-bond donors (Lipinski definition) is 0. The molecular weight excluding hydrogens is 312 g/mol. The van der Waals surface area contributed by atoms with Gasteiger partial charge in [-0.15, -0.1) is 0 Å². The Morgan fingerprint density at radius 2 is 1.91 bits per heavy atom. The highest BCUT2D eigenvalue weighted by Gasteiger charge is 2.38. The summed E-state index contributed by atoms with van der Waals surface area (Å²) in [6.45, 7) is 10.1. The molecule has 0 N–H and O–H groups in total. The van der Waals surface area contributed by atoms with Gasteiger partial charge in [0.25, 0.3) is 0 Å². The van der Waals surface area contributed by atoms with Gasteiger partial charge in [-0.3, -0.25) is 0 Å². The van der Waals surface area contributed by atoms with Crippen LogP contribution in [-0.2, 0) is 9.53 Å². The van der Waals surface area contributed by atoms with Crippen molar-refractivity contribution in [1.29, 1.82) is 0 Å². The third-order valence-electron chi connectivity index (χ3n) is 4.31. The summed E-state index contributed by atoms with van der Waals surface area (Å²) < 4.78 is 11.6. The molecule has 1 saturated carbocycles. The number of ether oxygens (including phenoxy) is 2. The highest BCUT2D eigenvalue weighted by Crippen LogP contribution is 2.40. The summed E-state index contributed by atoms with van der Waals surface area (Å²) in [6.07, 6.45) is 2.93. The lowest BCUT2D eigenvalue weighted by atomic mass is 9.71. The fourth-order valence-corrected chi connectivity index (χ4v) is 3.66. The van der Waals surface area contributed by atoms with Gasteiger partial charge in [-0.05, 0) is 56.6 Å². The monoisotopic (exact) mass is 338 g/mol. The van der Waals surface area contributed by atoms with Crippen molar-refractivity contribution in [1.82, 2.24) is 0 Å². The number of esters is 1. The predicted molar refractivity (Wildman–Crippen MR) is 92.8 cm³/mol.